The summed E-state index contributed by atoms with van der Waals surface area (Å²) in [4.78, 5) is 13.0. The number of nitrogens with zero attached hydrogens (tertiary/aromatic N) is 1. The number of Topliss-reactive ketones (excluding diaryl/α,β-unsaturated/α-hetero) is 1. The molecule has 15 heavy (non-hydrogen) atoms. The van der Waals surface area contributed by atoms with Crippen LogP contribution in [0.15, 0.2) is 0 Å². The zero-order chi connectivity index (χ0) is 11.3. The quantitative estimate of drug-likeness (QED) is 0.754. The van der Waals surface area contributed by atoms with Crippen molar-refractivity contribution >= 4 is 5.78 Å². The summed E-state index contributed by atoms with van der Waals surface area (Å²) in [6, 6.07) is 0.311. The zero-order valence-corrected chi connectivity index (χ0v) is 9.91. The largest absolute Gasteiger partial charge is 0.391 e. The fourth-order valence-electron chi connectivity index (χ4n) is 2.35. The first-order chi connectivity index (χ1) is 7.11. The number of aliphatic hydroxyl groups is 1. The first-order valence-corrected chi connectivity index (χ1v) is 5.99. The van der Waals surface area contributed by atoms with Gasteiger partial charge < -0.3 is 14.8 Å². The van der Waals surface area contributed by atoms with Crippen LogP contribution in [0.25, 0.3) is 0 Å². The number of likely N-dealkylation sites (N-methyl/N-ethyl adjacent to an activating group) is 1. The Morgan fingerprint density at radius 3 is 2.67 bits per heavy atom. The Kier molecular flexibility index (Phi) is 5.26. The van der Waals surface area contributed by atoms with Gasteiger partial charge in [-0.2, -0.15) is 0 Å². The minimum atomic E-state index is -0.166. The minimum absolute atomic E-state index is 0.166. The third kappa shape index (κ3) is 4.31. The third-order valence-electron chi connectivity index (χ3n) is 3.30. The molecule has 0 bridgehead atoms. The molecule has 3 heteroatoms. The molecule has 0 spiro atoms. The second-order valence-electron chi connectivity index (χ2n) is 4.71. The lowest BCUT2D eigenvalue weighted by Crippen LogP contribution is -2.43. The van der Waals surface area contributed by atoms with Crippen LogP contribution in [0, 0.1) is 0 Å². The van der Waals surface area contributed by atoms with Crippen LogP contribution < -0.4 is 0 Å². The number of hydrogen-bond donors (Lipinski definition) is 1. The highest BCUT2D eigenvalue weighted by molar-refractivity contribution is 5.75. The smallest absolute Gasteiger partial charge is 0.129 e. The molecule has 0 saturated heterocycles. The third-order valence-corrected chi connectivity index (χ3v) is 3.30. The fraction of sp³-hybridized carbons (Fsp3) is 0.917. The second kappa shape index (κ2) is 6.23. The first kappa shape index (κ1) is 12.7. The van der Waals surface area contributed by atoms with Crippen LogP contribution >= 0.6 is 0 Å². The summed E-state index contributed by atoms with van der Waals surface area (Å²) in [7, 11) is 2.05. The Morgan fingerprint density at radius 1 is 1.40 bits per heavy atom. The Labute approximate surface area is 92.5 Å². The highest BCUT2D eigenvalue weighted by Gasteiger charge is 2.25. The van der Waals surface area contributed by atoms with Gasteiger partial charge in [0.25, 0.3) is 0 Å². The maximum absolute atomic E-state index is 10.8. The molecule has 88 valence electrons. The number of aliphatic hydroxyl groups excluding tert-OH is 1. The van der Waals surface area contributed by atoms with Crippen molar-refractivity contribution in [2.24, 2.45) is 0 Å². The molecule has 0 aromatic heterocycles. The molecular formula is C12H23NO2. The number of carbonyl (C=O) groups is 1. The maximum atomic E-state index is 10.8. The van der Waals surface area contributed by atoms with E-state index in [0.29, 0.717) is 12.5 Å². The van der Waals surface area contributed by atoms with Gasteiger partial charge >= 0.3 is 0 Å². The first-order valence-electron chi connectivity index (χ1n) is 5.99. The summed E-state index contributed by atoms with van der Waals surface area (Å²) >= 11 is 0. The van der Waals surface area contributed by atoms with Crippen molar-refractivity contribution in [1.29, 1.82) is 0 Å². The molecule has 2 unspecified atom stereocenters. The molecule has 0 radical (unpaired) electrons. The minimum Gasteiger partial charge on any atom is -0.391 e. The summed E-state index contributed by atoms with van der Waals surface area (Å²) in [5.41, 5.74) is 0. The van der Waals surface area contributed by atoms with Crippen molar-refractivity contribution < 1.29 is 9.90 Å². The van der Waals surface area contributed by atoms with Crippen molar-refractivity contribution in [1.82, 2.24) is 4.90 Å². The van der Waals surface area contributed by atoms with Crippen molar-refractivity contribution in [2.45, 2.75) is 57.6 Å². The predicted molar refractivity (Wildman–Crippen MR) is 60.8 cm³/mol. The van der Waals surface area contributed by atoms with Gasteiger partial charge in [-0.1, -0.05) is 12.8 Å². The molecule has 3 nitrogen and oxygen atoms in total. The van der Waals surface area contributed by atoms with Crippen molar-refractivity contribution in [3.63, 3.8) is 0 Å². The van der Waals surface area contributed by atoms with Crippen LogP contribution in [-0.4, -0.2) is 41.5 Å². The standard InChI is InChI=1S/C12H23NO2/c1-10(14)6-5-9-13(2)11-7-3-4-8-12(11)15/h11-12,15H,3-9H2,1-2H3. The average Bonchev–Trinajstić information content (AvgIpc) is 2.17. The van der Waals surface area contributed by atoms with E-state index in [1.54, 1.807) is 6.92 Å². The van der Waals surface area contributed by atoms with E-state index in [4.69, 9.17) is 0 Å². The number of carbonyl (C=O) groups excluding carboxylic acids is 1. The summed E-state index contributed by atoms with van der Waals surface area (Å²) < 4.78 is 0. The van der Waals surface area contributed by atoms with Gasteiger partial charge in [-0.05, 0) is 39.8 Å². The van der Waals surface area contributed by atoms with Gasteiger partial charge in [-0.15, -0.1) is 0 Å². The summed E-state index contributed by atoms with van der Waals surface area (Å²) in [6.07, 6.45) is 5.81. The lowest BCUT2D eigenvalue weighted by molar-refractivity contribution is -0.117. The van der Waals surface area contributed by atoms with E-state index < -0.39 is 0 Å². The Hall–Kier alpha value is -0.410. The zero-order valence-electron chi connectivity index (χ0n) is 9.91. The molecule has 1 rings (SSSR count). The molecule has 0 amide bonds. The molecule has 1 N–H and O–H groups in total. The van der Waals surface area contributed by atoms with Gasteiger partial charge in [0.15, 0.2) is 0 Å². The predicted octanol–water partition coefficient (Wildman–Crippen LogP) is 1.59. The summed E-state index contributed by atoms with van der Waals surface area (Å²) in [5.74, 6) is 0.257. The topological polar surface area (TPSA) is 40.5 Å². The van der Waals surface area contributed by atoms with E-state index in [0.717, 1.165) is 32.2 Å². The number of ketones is 1. The lowest BCUT2D eigenvalue weighted by Gasteiger charge is -2.35. The molecule has 1 fully saturated rings. The van der Waals surface area contributed by atoms with Gasteiger partial charge in [0.1, 0.15) is 5.78 Å². The van der Waals surface area contributed by atoms with E-state index in [2.05, 4.69) is 11.9 Å². The molecule has 1 saturated carbocycles. The molecule has 0 aromatic rings. The van der Waals surface area contributed by atoms with Gasteiger partial charge in [0, 0.05) is 12.5 Å². The van der Waals surface area contributed by atoms with E-state index in [9.17, 15) is 9.90 Å². The van der Waals surface area contributed by atoms with E-state index in [1.807, 2.05) is 0 Å². The molecular weight excluding hydrogens is 190 g/mol. The normalized spacial score (nSPS) is 26.9. The van der Waals surface area contributed by atoms with Crippen molar-refractivity contribution in [3.05, 3.63) is 0 Å². The molecule has 2 atom stereocenters. The van der Waals surface area contributed by atoms with Crippen LogP contribution in [0.1, 0.15) is 45.4 Å². The summed E-state index contributed by atoms with van der Waals surface area (Å²) in [6.45, 7) is 2.55. The Morgan fingerprint density at radius 2 is 2.07 bits per heavy atom. The van der Waals surface area contributed by atoms with Gasteiger partial charge in [0.2, 0.25) is 0 Å². The highest BCUT2D eigenvalue weighted by Crippen LogP contribution is 2.22. The monoisotopic (exact) mass is 213 g/mol. The van der Waals surface area contributed by atoms with Crippen molar-refractivity contribution in [3.8, 4) is 0 Å². The average molecular weight is 213 g/mol. The van der Waals surface area contributed by atoms with E-state index >= 15 is 0 Å². The maximum Gasteiger partial charge on any atom is 0.129 e. The second-order valence-corrected chi connectivity index (χ2v) is 4.71. The summed E-state index contributed by atoms with van der Waals surface area (Å²) in [5, 5.41) is 9.84. The van der Waals surface area contributed by atoms with Crippen LogP contribution in [0.3, 0.4) is 0 Å². The van der Waals surface area contributed by atoms with Crippen LogP contribution in [0.4, 0.5) is 0 Å². The number of hydrogen-bond acceptors (Lipinski definition) is 3. The molecule has 0 heterocycles. The molecule has 0 aliphatic heterocycles. The molecule has 0 aromatic carbocycles. The van der Waals surface area contributed by atoms with Crippen LogP contribution in [0.2, 0.25) is 0 Å². The van der Waals surface area contributed by atoms with Gasteiger partial charge in [-0.25, -0.2) is 0 Å². The lowest BCUT2D eigenvalue weighted by atomic mass is 9.91. The van der Waals surface area contributed by atoms with Crippen LogP contribution in [0.5, 0.6) is 0 Å². The van der Waals surface area contributed by atoms with Gasteiger partial charge in [-0.3, -0.25) is 0 Å². The Balaban J connectivity index is 2.25. The van der Waals surface area contributed by atoms with Crippen LogP contribution in [-0.2, 0) is 4.79 Å². The van der Waals surface area contributed by atoms with Crippen molar-refractivity contribution in [2.75, 3.05) is 13.6 Å². The van der Waals surface area contributed by atoms with Gasteiger partial charge in [0.05, 0.1) is 6.10 Å². The Bertz CT molecular complexity index is 206. The molecule has 1 aliphatic carbocycles. The SMILES string of the molecule is CC(=O)CCCN(C)C1CCCCC1O. The highest BCUT2D eigenvalue weighted by atomic mass is 16.3. The van der Waals surface area contributed by atoms with E-state index in [-0.39, 0.29) is 11.9 Å². The molecule has 1 aliphatic rings. The fourth-order valence-corrected chi connectivity index (χ4v) is 2.35. The van der Waals surface area contributed by atoms with E-state index in [1.165, 1.54) is 6.42 Å². The number of rotatable bonds is 5.